The molecule has 1 aromatic rings. The number of benzene rings is 1. The molecule has 122 valence electrons. The smallest absolute Gasteiger partial charge is 0.407 e. The Morgan fingerprint density at radius 1 is 1.27 bits per heavy atom. The predicted octanol–water partition coefficient (Wildman–Crippen LogP) is 3.40. The van der Waals surface area contributed by atoms with Crippen molar-refractivity contribution >= 4 is 23.8 Å². The Hall–Kier alpha value is -1.69. The van der Waals surface area contributed by atoms with E-state index in [9.17, 15) is 9.59 Å². The van der Waals surface area contributed by atoms with Gasteiger partial charge in [-0.3, -0.25) is 0 Å². The number of alkyl carbamates (subject to hydrolysis) is 1. The first-order chi connectivity index (χ1) is 10.2. The lowest BCUT2D eigenvalue weighted by atomic mass is 10.1. The topological polar surface area (TPSA) is 64.6 Å². The minimum atomic E-state index is -0.508. The van der Waals surface area contributed by atoms with Gasteiger partial charge in [0.1, 0.15) is 5.60 Å². The van der Waals surface area contributed by atoms with E-state index in [2.05, 4.69) is 5.32 Å². The average Bonchev–Trinajstić information content (AvgIpc) is 2.41. The fourth-order valence-electron chi connectivity index (χ4n) is 1.66. The van der Waals surface area contributed by atoms with Crippen LogP contribution in [0, 0.1) is 6.92 Å². The van der Waals surface area contributed by atoms with Gasteiger partial charge in [0.15, 0.2) is 0 Å². The Morgan fingerprint density at radius 3 is 2.55 bits per heavy atom. The van der Waals surface area contributed by atoms with Crippen molar-refractivity contribution in [3.8, 4) is 0 Å². The number of carbonyl (C=O) groups is 2. The number of hydrogen-bond acceptors (Lipinski definition) is 5. The van der Waals surface area contributed by atoms with Crippen molar-refractivity contribution in [3.63, 3.8) is 0 Å². The first kappa shape index (κ1) is 18.4. The highest BCUT2D eigenvalue weighted by molar-refractivity contribution is 7.99. The number of hydrogen-bond donors (Lipinski definition) is 1. The maximum Gasteiger partial charge on any atom is 0.407 e. The summed E-state index contributed by atoms with van der Waals surface area (Å²) in [5.41, 5.74) is 1.09. The van der Waals surface area contributed by atoms with Gasteiger partial charge in [-0.15, -0.1) is 11.8 Å². The van der Waals surface area contributed by atoms with Crippen LogP contribution in [0.3, 0.4) is 0 Å². The zero-order valence-electron chi connectivity index (χ0n) is 13.7. The monoisotopic (exact) mass is 325 g/mol. The highest BCUT2D eigenvalue weighted by atomic mass is 32.2. The number of esters is 1. The van der Waals surface area contributed by atoms with Crippen LogP contribution < -0.4 is 5.32 Å². The van der Waals surface area contributed by atoms with Crippen molar-refractivity contribution < 1.29 is 19.1 Å². The molecule has 0 spiro atoms. The van der Waals surface area contributed by atoms with Crippen molar-refractivity contribution in [1.82, 2.24) is 5.32 Å². The molecule has 0 aliphatic carbocycles. The second-order valence-corrected chi connectivity index (χ2v) is 6.91. The number of thioether (sulfide) groups is 1. The van der Waals surface area contributed by atoms with Crippen molar-refractivity contribution in [1.29, 1.82) is 0 Å². The van der Waals surface area contributed by atoms with E-state index in [1.165, 1.54) is 18.9 Å². The van der Waals surface area contributed by atoms with E-state index in [-0.39, 0.29) is 5.97 Å². The fraction of sp³-hybridized carbons (Fsp3) is 0.500. The summed E-state index contributed by atoms with van der Waals surface area (Å²) in [5, 5.41) is 2.69. The molecule has 0 saturated heterocycles. The molecule has 1 aromatic carbocycles. The van der Waals surface area contributed by atoms with Gasteiger partial charge in [0, 0.05) is 17.2 Å². The fourth-order valence-corrected chi connectivity index (χ4v) is 2.66. The summed E-state index contributed by atoms with van der Waals surface area (Å²) < 4.78 is 9.93. The summed E-state index contributed by atoms with van der Waals surface area (Å²) in [7, 11) is 1.36. The third-order valence-corrected chi connectivity index (χ3v) is 3.63. The van der Waals surface area contributed by atoms with Crippen LogP contribution in [0.25, 0.3) is 0 Å². The SMILES string of the molecule is COC(=O)c1ccc(C)cc1SCCNC(=O)OC(C)(C)C. The largest absolute Gasteiger partial charge is 0.465 e. The first-order valence-electron chi connectivity index (χ1n) is 7.01. The van der Waals surface area contributed by atoms with Gasteiger partial charge in [0.25, 0.3) is 0 Å². The summed E-state index contributed by atoms with van der Waals surface area (Å²) in [6, 6.07) is 5.56. The van der Waals surface area contributed by atoms with Crippen LogP contribution in [0.15, 0.2) is 23.1 Å². The van der Waals surface area contributed by atoms with Gasteiger partial charge in [-0.1, -0.05) is 6.07 Å². The molecule has 0 fully saturated rings. The van der Waals surface area contributed by atoms with Crippen LogP contribution in [-0.4, -0.2) is 37.1 Å². The maximum absolute atomic E-state index is 11.7. The zero-order chi connectivity index (χ0) is 16.8. The quantitative estimate of drug-likeness (QED) is 0.511. The van der Waals surface area contributed by atoms with E-state index in [0.29, 0.717) is 17.9 Å². The average molecular weight is 325 g/mol. The summed E-state index contributed by atoms with van der Waals surface area (Å²) in [4.78, 5) is 24.1. The molecule has 0 aliphatic rings. The second kappa shape index (κ2) is 8.08. The molecule has 1 rings (SSSR count). The lowest BCUT2D eigenvalue weighted by molar-refractivity contribution is 0.0529. The van der Waals surface area contributed by atoms with Crippen LogP contribution in [0.2, 0.25) is 0 Å². The van der Waals surface area contributed by atoms with Crippen molar-refractivity contribution in [2.75, 3.05) is 19.4 Å². The predicted molar refractivity (Wildman–Crippen MR) is 87.5 cm³/mol. The molecule has 0 heterocycles. The minimum Gasteiger partial charge on any atom is -0.465 e. The molecule has 0 unspecified atom stereocenters. The Bertz CT molecular complexity index is 537. The van der Waals surface area contributed by atoms with Crippen molar-refractivity contribution in [2.45, 2.75) is 38.2 Å². The summed E-state index contributed by atoms with van der Waals surface area (Å²) in [5.74, 6) is 0.273. The van der Waals surface area contributed by atoms with Crippen LogP contribution in [0.5, 0.6) is 0 Å². The molecular formula is C16H23NO4S. The Morgan fingerprint density at radius 2 is 1.95 bits per heavy atom. The Labute approximate surface area is 135 Å². The number of methoxy groups -OCH3 is 1. The molecule has 1 amide bonds. The van der Waals surface area contributed by atoms with E-state index >= 15 is 0 Å². The molecule has 0 bridgehead atoms. The van der Waals surface area contributed by atoms with Gasteiger partial charge in [-0.05, 0) is 45.4 Å². The third kappa shape index (κ3) is 6.39. The number of carbonyl (C=O) groups excluding carboxylic acids is 2. The van der Waals surface area contributed by atoms with E-state index in [4.69, 9.17) is 9.47 Å². The summed E-state index contributed by atoms with van der Waals surface area (Å²) >= 11 is 1.49. The van der Waals surface area contributed by atoms with E-state index in [1.807, 2.05) is 39.8 Å². The molecular weight excluding hydrogens is 302 g/mol. The normalized spacial score (nSPS) is 11.0. The van der Waals surface area contributed by atoms with Crippen molar-refractivity contribution in [3.05, 3.63) is 29.3 Å². The number of rotatable bonds is 5. The summed E-state index contributed by atoms with van der Waals surface area (Å²) in [6.45, 7) is 7.86. The number of nitrogens with one attached hydrogen (secondary N) is 1. The molecule has 0 aromatic heterocycles. The van der Waals surface area contributed by atoms with E-state index in [1.54, 1.807) is 6.07 Å². The number of amides is 1. The van der Waals surface area contributed by atoms with Gasteiger partial charge in [0.05, 0.1) is 12.7 Å². The number of ether oxygens (including phenoxy) is 2. The van der Waals surface area contributed by atoms with Gasteiger partial charge < -0.3 is 14.8 Å². The van der Waals surface area contributed by atoms with Gasteiger partial charge in [-0.2, -0.15) is 0 Å². The minimum absolute atomic E-state index is 0.359. The molecule has 6 heteroatoms. The molecule has 0 aliphatic heterocycles. The highest BCUT2D eigenvalue weighted by Gasteiger charge is 2.16. The maximum atomic E-state index is 11.7. The Kier molecular flexibility index (Phi) is 6.74. The highest BCUT2D eigenvalue weighted by Crippen LogP contribution is 2.24. The molecule has 0 saturated carbocycles. The molecule has 22 heavy (non-hydrogen) atoms. The zero-order valence-corrected chi connectivity index (χ0v) is 14.5. The first-order valence-corrected chi connectivity index (χ1v) is 8.00. The standard InChI is InChI=1S/C16H23NO4S/c1-11-6-7-12(14(18)20-5)13(10-11)22-9-8-17-15(19)21-16(2,3)4/h6-7,10H,8-9H2,1-5H3,(H,17,19). The van der Waals surface area contributed by atoms with E-state index in [0.717, 1.165) is 10.5 Å². The lowest BCUT2D eigenvalue weighted by Gasteiger charge is -2.19. The van der Waals surface area contributed by atoms with Crippen molar-refractivity contribution in [2.24, 2.45) is 0 Å². The Balaban J connectivity index is 2.53. The lowest BCUT2D eigenvalue weighted by Crippen LogP contribution is -2.33. The van der Waals surface area contributed by atoms with Gasteiger partial charge in [0.2, 0.25) is 0 Å². The van der Waals surface area contributed by atoms with Crippen LogP contribution in [0.1, 0.15) is 36.7 Å². The van der Waals surface area contributed by atoms with Crippen LogP contribution in [-0.2, 0) is 9.47 Å². The van der Waals surface area contributed by atoms with Crippen LogP contribution in [0.4, 0.5) is 4.79 Å². The van der Waals surface area contributed by atoms with Crippen LogP contribution >= 0.6 is 11.8 Å². The molecule has 1 N–H and O–H groups in total. The summed E-state index contributed by atoms with van der Waals surface area (Å²) in [6.07, 6.45) is -0.439. The van der Waals surface area contributed by atoms with E-state index < -0.39 is 11.7 Å². The third-order valence-electron chi connectivity index (χ3n) is 2.57. The second-order valence-electron chi connectivity index (χ2n) is 5.77. The molecule has 5 nitrogen and oxygen atoms in total. The molecule has 0 radical (unpaired) electrons. The molecule has 0 atom stereocenters. The van der Waals surface area contributed by atoms with Gasteiger partial charge in [-0.25, -0.2) is 9.59 Å². The number of aryl methyl sites for hydroxylation is 1. The van der Waals surface area contributed by atoms with Gasteiger partial charge >= 0.3 is 12.1 Å².